The van der Waals surface area contributed by atoms with Gasteiger partial charge in [0.1, 0.15) is 0 Å². The van der Waals surface area contributed by atoms with E-state index in [0.717, 1.165) is 4.88 Å². The second-order valence-electron chi connectivity index (χ2n) is 6.13. The van der Waals surface area contributed by atoms with Crippen LogP contribution in [0, 0.1) is 6.92 Å². The molecular weight excluding hydrogens is 419 g/mol. The van der Waals surface area contributed by atoms with Crippen LogP contribution < -0.4 is 4.90 Å². The maximum absolute atomic E-state index is 13.0. The summed E-state index contributed by atoms with van der Waals surface area (Å²) in [5, 5.41) is 0. The Morgan fingerprint density at radius 1 is 0.966 bits per heavy atom. The van der Waals surface area contributed by atoms with Gasteiger partial charge in [-0.3, -0.25) is 9.59 Å². The molecule has 3 aromatic rings. The molecule has 29 heavy (non-hydrogen) atoms. The smallest absolute Gasteiger partial charge is 0.301 e. The lowest BCUT2D eigenvalue weighted by Gasteiger charge is -2.22. The Morgan fingerprint density at radius 3 is 2.17 bits per heavy atom. The molecule has 8 heteroatoms. The highest BCUT2D eigenvalue weighted by Gasteiger charge is 2.29. The summed E-state index contributed by atoms with van der Waals surface area (Å²) in [5.41, 5.74) is -3.66. The maximum atomic E-state index is 13.0. The van der Waals surface area contributed by atoms with Crippen molar-refractivity contribution in [3.05, 3.63) is 82.0 Å². The van der Waals surface area contributed by atoms with Gasteiger partial charge < -0.3 is 4.90 Å². The average Bonchev–Trinajstić information content (AvgIpc) is 3.12. The minimum atomic E-state index is -4.39. The molecule has 0 atom stereocenters. The van der Waals surface area contributed by atoms with Crippen LogP contribution in [0.1, 0.15) is 24.9 Å². The number of nitrogens with zero attached hydrogens (tertiary/aromatic N) is 1. The highest BCUT2D eigenvalue weighted by Crippen LogP contribution is 2.37. The third-order valence-electron chi connectivity index (χ3n) is 3.96. The van der Waals surface area contributed by atoms with Crippen LogP contribution in [0.5, 0.6) is 0 Å². The van der Waals surface area contributed by atoms with E-state index in [-0.39, 0.29) is 29.0 Å². The van der Waals surface area contributed by atoms with Crippen LogP contribution in [0.2, 0.25) is 0 Å². The minimum absolute atomic E-state index is 0.00793. The van der Waals surface area contributed by atoms with Gasteiger partial charge in [0, 0.05) is 21.0 Å². The third kappa shape index (κ3) is 5.71. The summed E-state index contributed by atoms with van der Waals surface area (Å²) in [7, 11) is 0. The zero-order chi connectivity index (χ0) is 21.0. The Bertz CT molecular complexity index is 999. The molecule has 3 rings (SSSR count). The van der Waals surface area contributed by atoms with Crippen LogP contribution in [-0.4, -0.2) is 23.7 Å². The van der Waals surface area contributed by atoms with E-state index in [9.17, 15) is 22.8 Å². The lowest BCUT2D eigenvalue weighted by Crippen LogP contribution is -2.35. The second-order valence-corrected chi connectivity index (χ2v) is 8.56. The fourth-order valence-electron chi connectivity index (χ4n) is 2.65. The van der Waals surface area contributed by atoms with Gasteiger partial charge >= 0.3 is 5.51 Å². The van der Waals surface area contributed by atoms with Gasteiger partial charge in [-0.25, -0.2) is 0 Å². The molecule has 150 valence electrons. The summed E-state index contributed by atoms with van der Waals surface area (Å²) >= 11 is 1.10. The number of halogens is 3. The standard InChI is InChI=1S/C21H16F3NO2S2/c1-14-7-12-19(28-14)18(26)13-25(20(27)15-5-3-2-4-6-15)16-8-10-17(11-9-16)29-21(22,23)24/h2-12H,13H2,1H3. The van der Waals surface area contributed by atoms with Gasteiger partial charge in [-0.1, -0.05) is 18.2 Å². The number of amides is 1. The Balaban J connectivity index is 1.90. The van der Waals surface area contributed by atoms with Crippen LogP contribution in [0.4, 0.5) is 18.9 Å². The summed E-state index contributed by atoms with van der Waals surface area (Å²) in [4.78, 5) is 28.5. The van der Waals surface area contributed by atoms with Crippen molar-refractivity contribution >= 4 is 40.5 Å². The molecule has 0 fully saturated rings. The van der Waals surface area contributed by atoms with E-state index >= 15 is 0 Å². The zero-order valence-electron chi connectivity index (χ0n) is 15.3. The van der Waals surface area contributed by atoms with Crippen LogP contribution in [-0.2, 0) is 0 Å². The predicted molar refractivity (Wildman–Crippen MR) is 110 cm³/mol. The summed E-state index contributed by atoms with van der Waals surface area (Å²) in [6, 6.07) is 17.4. The molecular formula is C21H16F3NO2S2. The number of carbonyl (C=O) groups is 2. The number of hydrogen-bond donors (Lipinski definition) is 0. The lowest BCUT2D eigenvalue weighted by atomic mass is 10.1. The molecule has 1 aromatic heterocycles. The number of aryl methyl sites for hydroxylation is 1. The largest absolute Gasteiger partial charge is 0.446 e. The molecule has 0 bridgehead atoms. The first-order valence-electron chi connectivity index (χ1n) is 8.55. The van der Waals surface area contributed by atoms with Crippen molar-refractivity contribution in [2.45, 2.75) is 17.3 Å². The number of thioether (sulfide) groups is 1. The first kappa shape index (κ1) is 21.1. The highest BCUT2D eigenvalue weighted by molar-refractivity contribution is 8.00. The normalized spacial score (nSPS) is 11.3. The van der Waals surface area contributed by atoms with Crippen molar-refractivity contribution in [2.75, 3.05) is 11.4 Å². The number of anilines is 1. The summed E-state index contributed by atoms with van der Waals surface area (Å²) in [6.45, 7) is 1.67. The number of thiophene rings is 1. The van der Waals surface area contributed by atoms with E-state index in [2.05, 4.69) is 0 Å². The fourth-order valence-corrected chi connectivity index (χ4v) is 3.99. The van der Waals surface area contributed by atoms with Crippen LogP contribution in [0.25, 0.3) is 0 Å². The van der Waals surface area contributed by atoms with Crippen LogP contribution >= 0.6 is 23.1 Å². The van der Waals surface area contributed by atoms with Gasteiger partial charge in [0.05, 0.1) is 11.4 Å². The average molecular weight is 435 g/mol. The Kier molecular flexibility index (Phi) is 6.44. The Hall–Kier alpha value is -2.58. The van der Waals surface area contributed by atoms with E-state index in [1.54, 1.807) is 36.4 Å². The second kappa shape index (κ2) is 8.84. The summed E-state index contributed by atoms with van der Waals surface area (Å²) < 4.78 is 37.7. The fraction of sp³-hybridized carbons (Fsp3) is 0.143. The molecule has 0 aliphatic carbocycles. The molecule has 0 radical (unpaired) electrons. The monoisotopic (exact) mass is 435 g/mol. The number of benzene rings is 2. The summed E-state index contributed by atoms with van der Waals surface area (Å²) in [6.07, 6.45) is 0. The van der Waals surface area contributed by atoms with Gasteiger partial charge in [0.15, 0.2) is 5.78 Å². The molecule has 0 aliphatic rings. The number of alkyl halides is 3. The summed E-state index contributed by atoms with van der Waals surface area (Å²) in [5.74, 6) is -0.635. The van der Waals surface area contributed by atoms with Gasteiger partial charge in [-0.05, 0) is 67.2 Å². The van der Waals surface area contributed by atoms with Crippen molar-refractivity contribution in [1.82, 2.24) is 0 Å². The predicted octanol–water partition coefficient (Wildman–Crippen LogP) is 6.20. The van der Waals surface area contributed by atoms with Crippen molar-refractivity contribution < 1.29 is 22.8 Å². The minimum Gasteiger partial charge on any atom is -0.301 e. The zero-order valence-corrected chi connectivity index (χ0v) is 16.9. The van der Waals surface area contributed by atoms with Gasteiger partial charge in [0.2, 0.25) is 0 Å². The molecule has 2 aromatic carbocycles. The van der Waals surface area contributed by atoms with Crippen molar-refractivity contribution in [2.24, 2.45) is 0 Å². The van der Waals surface area contributed by atoms with Crippen molar-refractivity contribution in [3.63, 3.8) is 0 Å². The molecule has 1 heterocycles. The van der Waals surface area contributed by atoms with Gasteiger partial charge in [0.25, 0.3) is 5.91 Å². The first-order valence-corrected chi connectivity index (χ1v) is 10.2. The maximum Gasteiger partial charge on any atom is 0.446 e. The molecule has 0 spiro atoms. The third-order valence-corrected chi connectivity index (χ3v) is 5.75. The molecule has 1 amide bonds. The van der Waals surface area contributed by atoms with Crippen LogP contribution in [0.3, 0.4) is 0 Å². The number of hydrogen-bond acceptors (Lipinski definition) is 4. The molecule has 0 saturated heterocycles. The number of Topliss-reactive ketones (excluding diaryl/α,β-unsaturated/α-hetero) is 1. The number of rotatable bonds is 6. The topological polar surface area (TPSA) is 37.4 Å². The number of ketones is 1. The molecule has 0 saturated carbocycles. The van der Waals surface area contributed by atoms with E-state index in [1.807, 2.05) is 13.0 Å². The number of carbonyl (C=O) groups excluding carboxylic acids is 2. The Morgan fingerprint density at radius 2 is 1.62 bits per heavy atom. The molecule has 3 nitrogen and oxygen atoms in total. The van der Waals surface area contributed by atoms with E-state index in [4.69, 9.17) is 0 Å². The van der Waals surface area contributed by atoms with Crippen molar-refractivity contribution in [1.29, 1.82) is 0 Å². The lowest BCUT2D eigenvalue weighted by molar-refractivity contribution is -0.0328. The van der Waals surface area contributed by atoms with E-state index in [0.29, 0.717) is 16.1 Å². The highest BCUT2D eigenvalue weighted by atomic mass is 32.2. The molecule has 0 N–H and O–H groups in total. The quantitative estimate of drug-likeness (QED) is 0.342. The van der Waals surface area contributed by atoms with Crippen LogP contribution in [0.15, 0.2) is 71.6 Å². The molecule has 0 unspecified atom stereocenters. The van der Waals surface area contributed by atoms with Gasteiger partial charge in [-0.15, -0.1) is 11.3 Å². The molecule has 0 aliphatic heterocycles. The van der Waals surface area contributed by atoms with Gasteiger partial charge in [-0.2, -0.15) is 13.2 Å². The first-order chi connectivity index (χ1) is 13.7. The van der Waals surface area contributed by atoms with E-state index < -0.39 is 11.4 Å². The van der Waals surface area contributed by atoms with Crippen molar-refractivity contribution in [3.8, 4) is 0 Å². The SMILES string of the molecule is Cc1ccc(C(=O)CN(C(=O)c2ccccc2)c2ccc(SC(F)(F)F)cc2)s1. The van der Waals surface area contributed by atoms with E-state index in [1.165, 1.54) is 40.5 Å². The Labute approximate surface area is 174 Å².